The average Bonchev–Trinajstić information content (AvgIpc) is 3.53. The summed E-state index contributed by atoms with van der Waals surface area (Å²) < 4.78 is 19.1. The van der Waals surface area contributed by atoms with Crippen molar-refractivity contribution >= 4 is 52.3 Å². The Morgan fingerprint density at radius 1 is 0.848 bits per heavy atom. The monoisotopic (exact) mass is 635 g/mol. The number of thiocarbonyl (C=S) groups is 1. The number of nitrogens with zero attached hydrogens (tertiary/aromatic N) is 1. The Morgan fingerprint density at radius 3 is 2.28 bits per heavy atom. The second-order valence-electron chi connectivity index (χ2n) is 9.85. The van der Waals surface area contributed by atoms with Crippen LogP contribution < -0.4 is 21.3 Å². The Balaban J connectivity index is 1.29. The molecule has 0 atom stereocenters. The van der Waals surface area contributed by atoms with Gasteiger partial charge in [-0.1, -0.05) is 30.3 Å². The highest BCUT2D eigenvalue weighted by atomic mass is 32.1. The Kier molecular flexibility index (Phi) is 9.90. The van der Waals surface area contributed by atoms with Crippen molar-refractivity contribution in [2.45, 2.75) is 6.54 Å². The van der Waals surface area contributed by atoms with Crippen LogP contribution in [0.3, 0.4) is 0 Å². The maximum atomic E-state index is 13.4. The Hall–Kier alpha value is -6.14. The van der Waals surface area contributed by atoms with E-state index in [2.05, 4.69) is 21.3 Å². The lowest BCUT2D eigenvalue weighted by molar-refractivity contribution is -0.384. The van der Waals surface area contributed by atoms with Crippen molar-refractivity contribution in [2.24, 2.45) is 0 Å². The van der Waals surface area contributed by atoms with Crippen LogP contribution in [0.2, 0.25) is 0 Å². The summed E-state index contributed by atoms with van der Waals surface area (Å²) in [7, 11) is 0. The van der Waals surface area contributed by atoms with E-state index in [9.17, 15) is 24.1 Å². The molecule has 0 saturated heterocycles. The number of anilines is 2. The van der Waals surface area contributed by atoms with Crippen molar-refractivity contribution in [1.82, 2.24) is 10.6 Å². The largest absolute Gasteiger partial charge is 0.457 e. The molecule has 4 N–H and O–H groups in total. The fraction of sp³-hybridized carbons (Fsp3) is 0.0294. The number of furan rings is 1. The number of rotatable bonds is 10. The highest BCUT2D eigenvalue weighted by Gasteiger charge is 2.16. The number of nitrogens with one attached hydrogen (secondary N) is 4. The van der Waals surface area contributed by atoms with Crippen molar-refractivity contribution < 1.29 is 23.3 Å². The second-order valence-corrected chi connectivity index (χ2v) is 10.3. The fourth-order valence-electron chi connectivity index (χ4n) is 4.28. The van der Waals surface area contributed by atoms with Crippen molar-refractivity contribution in [3.8, 4) is 11.3 Å². The first kappa shape index (κ1) is 31.3. The average molecular weight is 636 g/mol. The van der Waals surface area contributed by atoms with Gasteiger partial charge in [-0.15, -0.1) is 0 Å². The molecule has 1 aromatic heterocycles. The molecule has 0 unspecified atom stereocenters. The Morgan fingerprint density at radius 2 is 1.57 bits per heavy atom. The van der Waals surface area contributed by atoms with Gasteiger partial charge in [0.05, 0.1) is 4.92 Å². The first-order valence-corrected chi connectivity index (χ1v) is 14.3. The third-order valence-corrected chi connectivity index (χ3v) is 6.75. The van der Waals surface area contributed by atoms with Gasteiger partial charge in [0.2, 0.25) is 0 Å². The lowest BCUT2D eigenvalue weighted by Gasteiger charge is -2.13. The molecule has 4 aromatic carbocycles. The number of halogens is 1. The van der Waals surface area contributed by atoms with Gasteiger partial charge in [0.25, 0.3) is 17.5 Å². The van der Waals surface area contributed by atoms with Gasteiger partial charge in [0, 0.05) is 47.3 Å². The van der Waals surface area contributed by atoms with Crippen LogP contribution in [0.1, 0.15) is 21.7 Å². The van der Waals surface area contributed by atoms with Crippen LogP contribution >= 0.6 is 12.2 Å². The van der Waals surface area contributed by atoms with E-state index >= 15 is 0 Å². The standard InChI is InChI=1S/C34H26FN5O5S/c35-25-11-13-26(14-12-25)37-34(46)38-27-8-4-5-22(19-27)21-36-33(42)30(39-32(41)24-6-2-1-3-7-24)20-29-17-18-31(45-29)23-9-15-28(16-10-23)40(43)44/h1-20H,21H2,(H,36,42)(H,39,41)(H2,37,38,46)/b30-20+. The number of non-ortho nitro benzene ring substituents is 1. The lowest BCUT2D eigenvalue weighted by atomic mass is 10.1. The molecule has 46 heavy (non-hydrogen) atoms. The molecule has 0 aliphatic carbocycles. The van der Waals surface area contributed by atoms with Crippen molar-refractivity contribution in [1.29, 1.82) is 0 Å². The molecule has 1 heterocycles. The molecule has 0 aliphatic rings. The van der Waals surface area contributed by atoms with Crippen molar-refractivity contribution in [3.05, 3.63) is 154 Å². The maximum absolute atomic E-state index is 13.4. The van der Waals surface area contributed by atoms with Crippen LogP contribution in [0.15, 0.2) is 125 Å². The van der Waals surface area contributed by atoms with Crippen LogP contribution in [0, 0.1) is 15.9 Å². The molecule has 0 spiro atoms. The SMILES string of the molecule is O=C(NCc1cccc(NC(=S)Nc2ccc(F)cc2)c1)/C(=C\c1ccc(-c2ccc([N+](=O)[O-])cc2)o1)NC(=O)c1ccccc1. The summed E-state index contributed by atoms with van der Waals surface area (Å²) >= 11 is 5.36. The molecule has 10 nitrogen and oxygen atoms in total. The molecular weight excluding hydrogens is 609 g/mol. The van der Waals surface area contributed by atoms with Gasteiger partial charge in [0.1, 0.15) is 23.0 Å². The van der Waals surface area contributed by atoms with Gasteiger partial charge in [-0.3, -0.25) is 19.7 Å². The minimum Gasteiger partial charge on any atom is -0.457 e. The van der Waals surface area contributed by atoms with Gasteiger partial charge in [-0.2, -0.15) is 0 Å². The third-order valence-electron chi connectivity index (χ3n) is 6.54. The molecule has 12 heteroatoms. The van der Waals surface area contributed by atoms with Gasteiger partial charge >= 0.3 is 0 Å². The molecule has 2 amide bonds. The van der Waals surface area contributed by atoms with Gasteiger partial charge in [0.15, 0.2) is 5.11 Å². The van der Waals surface area contributed by atoms with E-state index in [-0.39, 0.29) is 29.5 Å². The molecule has 0 aliphatic heterocycles. The number of hydrogen-bond acceptors (Lipinski definition) is 6. The predicted molar refractivity (Wildman–Crippen MR) is 177 cm³/mol. The maximum Gasteiger partial charge on any atom is 0.269 e. The van der Waals surface area contributed by atoms with Gasteiger partial charge in [-0.25, -0.2) is 4.39 Å². The molecular formula is C34H26FN5O5S. The first-order chi connectivity index (χ1) is 22.2. The first-order valence-electron chi connectivity index (χ1n) is 13.9. The van der Waals surface area contributed by atoms with Crippen LogP contribution in [-0.2, 0) is 11.3 Å². The number of carbonyl (C=O) groups is 2. The van der Waals surface area contributed by atoms with Crippen LogP contribution in [0.4, 0.5) is 21.5 Å². The summed E-state index contributed by atoms with van der Waals surface area (Å²) in [6, 6.07) is 30.6. The van der Waals surface area contributed by atoms with Crippen LogP contribution in [0.5, 0.6) is 0 Å². The third kappa shape index (κ3) is 8.49. The van der Waals surface area contributed by atoms with Crippen molar-refractivity contribution in [2.75, 3.05) is 10.6 Å². The van der Waals surface area contributed by atoms with Crippen molar-refractivity contribution in [3.63, 3.8) is 0 Å². The number of amides is 2. The summed E-state index contributed by atoms with van der Waals surface area (Å²) in [5.41, 5.74) is 2.88. The van der Waals surface area contributed by atoms with E-state index in [0.29, 0.717) is 33.4 Å². The number of carbonyl (C=O) groups excluding carboxylic acids is 2. The predicted octanol–water partition coefficient (Wildman–Crippen LogP) is 6.89. The molecule has 0 radical (unpaired) electrons. The van der Waals surface area contributed by atoms with Crippen LogP contribution in [-0.4, -0.2) is 21.9 Å². The zero-order valence-electron chi connectivity index (χ0n) is 24.0. The normalized spacial score (nSPS) is 10.9. The van der Waals surface area contributed by atoms with E-state index in [0.717, 1.165) is 5.56 Å². The molecule has 230 valence electrons. The van der Waals surface area contributed by atoms with E-state index in [1.54, 1.807) is 84.9 Å². The molecule has 5 aromatic rings. The quantitative estimate of drug-likeness (QED) is 0.0563. The summed E-state index contributed by atoms with van der Waals surface area (Å²) in [6.45, 7) is 0.122. The van der Waals surface area contributed by atoms with Gasteiger partial charge in [-0.05, 0) is 90.6 Å². The van der Waals surface area contributed by atoms with E-state index in [4.69, 9.17) is 16.6 Å². The van der Waals surface area contributed by atoms with E-state index in [1.807, 2.05) is 6.07 Å². The number of hydrogen-bond donors (Lipinski definition) is 4. The number of benzene rings is 4. The molecule has 0 bridgehead atoms. The Labute approximate surface area is 268 Å². The minimum absolute atomic E-state index is 0.0521. The number of nitro groups is 1. The molecule has 0 fully saturated rings. The summed E-state index contributed by atoms with van der Waals surface area (Å²) in [5.74, 6) is -0.707. The smallest absolute Gasteiger partial charge is 0.269 e. The molecule has 5 rings (SSSR count). The summed E-state index contributed by atoms with van der Waals surface area (Å²) in [6.07, 6.45) is 1.41. The zero-order valence-corrected chi connectivity index (χ0v) is 24.8. The highest BCUT2D eigenvalue weighted by molar-refractivity contribution is 7.80. The lowest BCUT2D eigenvalue weighted by Crippen LogP contribution is -2.34. The summed E-state index contributed by atoms with van der Waals surface area (Å²) in [4.78, 5) is 36.8. The Bertz CT molecular complexity index is 1910. The van der Waals surface area contributed by atoms with Crippen LogP contribution in [0.25, 0.3) is 17.4 Å². The topological polar surface area (TPSA) is 139 Å². The second kappa shape index (κ2) is 14.6. The fourth-order valence-corrected chi connectivity index (χ4v) is 4.52. The highest BCUT2D eigenvalue weighted by Crippen LogP contribution is 2.25. The van der Waals surface area contributed by atoms with Gasteiger partial charge < -0.3 is 25.7 Å². The minimum atomic E-state index is -0.565. The van der Waals surface area contributed by atoms with E-state index < -0.39 is 16.7 Å². The molecule has 0 saturated carbocycles. The van der Waals surface area contributed by atoms with E-state index in [1.165, 1.54) is 30.3 Å². The summed E-state index contributed by atoms with van der Waals surface area (Å²) in [5, 5.41) is 22.8. The number of nitro benzene ring substituents is 1. The zero-order chi connectivity index (χ0) is 32.5.